The highest BCUT2D eigenvalue weighted by Gasteiger charge is 2.10. The van der Waals surface area contributed by atoms with Crippen LogP contribution in [0.4, 0.5) is 0 Å². The second-order valence-corrected chi connectivity index (χ2v) is 5.19. The van der Waals surface area contributed by atoms with Gasteiger partial charge in [0.05, 0.1) is 0 Å². The van der Waals surface area contributed by atoms with E-state index >= 15 is 0 Å². The van der Waals surface area contributed by atoms with Gasteiger partial charge in [-0.05, 0) is 6.42 Å². The first-order chi connectivity index (χ1) is 9.25. The molecule has 0 aliphatic rings. The predicted octanol–water partition coefficient (Wildman–Crippen LogP) is -8.47. The minimum absolute atomic E-state index is 0.0633. The van der Waals surface area contributed by atoms with E-state index in [4.69, 9.17) is 16.6 Å². The number of guanidine groups is 2. The molecule has 1 rings (SSSR count). The van der Waals surface area contributed by atoms with Crippen LogP contribution < -0.4 is 43.7 Å². The highest BCUT2D eigenvalue weighted by Crippen LogP contribution is 1.87. The fraction of sp³-hybridized carbons (Fsp3) is 0.200. The van der Waals surface area contributed by atoms with Gasteiger partial charge in [0.15, 0.2) is 11.9 Å². The molecule has 0 aliphatic carbocycles. The summed E-state index contributed by atoms with van der Waals surface area (Å²) in [5, 5.41) is 20.0. The van der Waals surface area contributed by atoms with Crippen molar-refractivity contribution in [2.24, 2.45) is 5.73 Å². The molecule has 0 saturated heterocycles. The summed E-state index contributed by atoms with van der Waals surface area (Å²) in [5.41, 5.74) is 13.2. The first-order valence-electron chi connectivity index (χ1n) is 6.75. The van der Waals surface area contributed by atoms with Crippen LogP contribution in [0.1, 0.15) is 5.56 Å². The lowest BCUT2D eigenvalue weighted by atomic mass is 9.60. The van der Waals surface area contributed by atoms with Crippen molar-refractivity contribution in [3.63, 3.8) is 0 Å². The zero-order chi connectivity index (χ0) is 15.4. The Morgan fingerprint density at radius 1 is 0.900 bits per heavy atom. The molecular formula is C10H20B5N5. The summed E-state index contributed by atoms with van der Waals surface area (Å²) in [6.45, 7) is 0.642. The average molecular weight is 264 g/mol. The molecule has 1 aromatic carbocycles. The largest absolute Gasteiger partial charge is 0.370 e. The fourth-order valence-corrected chi connectivity index (χ4v) is 2.44. The molecule has 0 radical (unpaired) electrons. The summed E-state index contributed by atoms with van der Waals surface area (Å²) in [7, 11) is 10.8. The first kappa shape index (κ1) is 16.3. The third-order valence-corrected chi connectivity index (χ3v) is 4.09. The summed E-state index contributed by atoms with van der Waals surface area (Å²) in [5.74, 6) is -0.162. The van der Waals surface area contributed by atoms with Crippen molar-refractivity contribution in [3.8, 4) is 0 Å². The van der Waals surface area contributed by atoms with Crippen molar-refractivity contribution in [1.82, 2.24) is 10.6 Å². The molecule has 0 aliphatic heterocycles. The average Bonchev–Trinajstić information content (AvgIpc) is 2.37. The Labute approximate surface area is 124 Å². The van der Waals surface area contributed by atoms with Gasteiger partial charge in [-0.25, -0.2) is 0 Å². The zero-order valence-corrected chi connectivity index (χ0v) is 13.0. The SMILES string of the molecule is Bc1c(B)c(B)c(CCNC(=N)NC(=N)N)c(B)c1B. The zero-order valence-electron chi connectivity index (χ0n) is 13.0. The molecule has 100 valence electrons. The standard InChI is InChI=1S/C10H20B5N5/c11-4-3(1-2-19-10(18)20-9(16)17)5(12)7(14)8(15)6(4)13/h1-2,11-15H2,(H6,16,17,18,19,20). The molecule has 1 aromatic rings. The van der Waals surface area contributed by atoms with Crippen LogP contribution >= 0.6 is 0 Å². The molecule has 0 fully saturated rings. The van der Waals surface area contributed by atoms with Crippen molar-refractivity contribution < 1.29 is 0 Å². The monoisotopic (exact) mass is 265 g/mol. The Morgan fingerprint density at radius 3 is 1.80 bits per heavy atom. The Hall–Kier alpha value is -1.72. The maximum absolute atomic E-state index is 7.57. The van der Waals surface area contributed by atoms with Gasteiger partial charge in [-0.2, -0.15) is 0 Å². The summed E-state index contributed by atoms with van der Waals surface area (Å²) in [6.07, 6.45) is 0.849. The van der Waals surface area contributed by atoms with Gasteiger partial charge in [0.25, 0.3) is 0 Å². The van der Waals surface area contributed by atoms with Gasteiger partial charge < -0.3 is 11.1 Å². The van der Waals surface area contributed by atoms with E-state index in [9.17, 15) is 0 Å². The summed E-state index contributed by atoms with van der Waals surface area (Å²) >= 11 is 0. The van der Waals surface area contributed by atoms with Crippen LogP contribution in [-0.4, -0.2) is 57.7 Å². The minimum atomic E-state index is -0.225. The molecule has 10 heteroatoms. The number of nitrogens with two attached hydrogens (primary N) is 1. The van der Waals surface area contributed by atoms with E-state index in [0.717, 1.165) is 6.42 Å². The van der Waals surface area contributed by atoms with Crippen LogP contribution in [-0.2, 0) is 6.42 Å². The summed E-state index contributed by atoms with van der Waals surface area (Å²) in [4.78, 5) is 0. The fourth-order valence-electron chi connectivity index (χ4n) is 2.44. The number of hydrogen-bond acceptors (Lipinski definition) is 2. The Bertz CT molecular complexity index is 530. The summed E-state index contributed by atoms with van der Waals surface area (Å²) < 4.78 is 0. The summed E-state index contributed by atoms with van der Waals surface area (Å²) in [6, 6.07) is 0. The lowest BCUT2D eigenvalue weighted by Gasteiger charge is -2.20. The van der Waals surface area contributed by atoms with Crippen molar-refractivity contribution >= 4 is 78.5 Å². The van der Waals surface area contributed by atoms with E-state index in [1.54, 1.807) is 0 Å². The van der Waals surface area contributed by atoms with E-state index in [-0.39, 0.29) is 11.9 Å². The second kappa shape index (κ2) is 6.63. The molecule has 0 amide bonds. The first-order valence-corrected chi connectivity index (χ1v) is 6.75. The van der Waals surface area contributed by atoms with Gasteiger partial charge in [0.2, 0.25) is 0 Å². The number of nitrogens with one attached hydrogen (secondary N) is 4. The Balaban J connectivity index is 2.79. The predicted molar refractivity (Wildman–Crippen MR) is 102 cm³/mol. The Morgan fingerprint density at radius 2 is 1.35 bits per heavy atom. The van der Waals surface area contributed by atoms with Gasteiger partial charge >= 0.3 is 0 Å². The molecule has 20 heavy (non-hydrogen) atoms. The van der Waals surface area contributed by atoms with Crippen LogP contribution in [0, 0.1) is 10.8 Å². The molecule has 0 heterocycles. The van der Waals surface area contributed by atoms with Crippen molar-refractivity contribution in [3.05, 3.63) is 5.56 Å². The van der Waals surface area contributed by atoms with Crippen LogP contribution in [0.25, 0.3) is 0 Å². The van der Waals surface area contributed by atoms with Gasteiger partial charge in [-0.1, -0.05) is 16.5 Å². The van der Waals surface area contributed by atoms with Gasteiger partial charge in [0.1, 0.15) is 39.2 Å². The molecule has 0 bridgehead atoms. The maximum atomic E-state index is 7.57. The maximum Gasteiger partial charge on any atom is 0.195 e. The highest BCUT2D eigenvalue weighted by atomic mass is 15.2. The van der Waals surface area contributed by atoms with E-state index in [1.165, 1.54) is 32.9 Å². The number of benzene rings is 1. The molecular weight excluding hydrogens is 244 g/mol. The van der Waals surface area contributed by atoms with Crippen molar-refractivity contribution in [2.45, 2.75) is 6.42 Å². The third kappa shape index (κ3) is 3.65. The van der Waals surface area contributed by atoms with E-state index < -0.39 is 0 Å². The minimum Gasteiger partial charge on any atom is -0.370 e. The molecule has 5 nitrogen and oxygen atoms in total. The van der Waals surface area contributed by atoms with Crippen LogP contribution in [0.2, 0.25) is 0 Å². The molecule has 0 spiro atoms. The Kier molecular flexibility index (Phi) is 5.42. The van der Waals surface area contributed by atoms with Gasteiger partial charge in [-0.15, -0.1) is 16.4 Å². The van der Waals surface area contributed by atoms with Crippen molar-refractivity contribution in [1.29, 1.82) is 10.8 Å². The van der Waals surface area contributed by atoms with E-state index in [0.29, 0.717) is 6.54 Å². The molecule has 0 atom stereocenters. The van der Waals surface area contributed by atoms with Crippen LogP contribution in [0.5, 0.6) is 0 Å². The molecule has 6 N–H and O–H groups in total. The topological polar surface area (TPSA) is 97.8 Å². The number of rotatable bonds is 3. The van der Waals surface area contributed by atoms with Crippen LogP contribution in [0.15, 0.2) is 0 Å². The lowest BCUT2D eigenvalue weighted by molar-refractivity contribution is 0.847. The third-order valence-electron chi connectivity index (χ3n) is 4.09. The quantitative estimate of drug-likeness (QED) is 0.213. The van der Waals surface area contributed by atoms with E-state index in [2.05, 4.69) is 49.9 Å². The normalized spacial score (nSPS) is 10.0. The van der Waals surface area contributed by atoms with Gasteiger partial charge in [0, 0.05) is 6.54 Å². The van der Waals surface area contributed by atoms with Gasteiger partial charge in [-0.3, -0.25) is 16.1 Å². The van der Waals surface area contributed by atoms with Crippen LogP contribution in [0.3, 0.4) is 0 Å². The van der Waals surface area contributed by atoms with E-state index in [1.807, 2.05) is 0 Å². The highest BCUT2D eigenvalue weighted by molar-refractivity contribution is 6.67. The smallest absolute Gasteiger partial charge is 0.195 e. The number of hydrogen-bond donors (Lipinski definition) is 5. The lowest BCUT2D eigenvalue weighted by Crippen LogP contribution is -2.56. The molecule has 0 unspecified atom stereocenters. The van der Waals surface area contributed by atoms with Crippen molar-refractivity contribution in [2.75, 3.05) is 6.54 Å². The second-order valence-electron chi connectivity index (χ2n) is 5.19. The molecule has 0 saturated carbocycles. The molecule has 0 aromatic heterocycles.